The molecule has 1 aromatic heterocycles. The standard InChI is InChI=1S/C12H8Cl3N3O3S/c13-8-3-1-2-7(4-8)12(19)17-18-22(20,21)9-5-10(14)11(15)16-6-9/h1-6,18H,(H,17,19). The van der Waals surface area contributed by atoms with Crippen LogP contribution in [-0.2, 0) is 10.0 Å². The molecule has 10 heteroatoms. The molecular formula is C12H8Cl3N3O3S. The molecule has 0 spiro atoms. The van der Waals surface area contributed by atoms with Crippen molar-refractivity contribution in [3.8, 4) is 0 Å². The van der Waals surface area contributed by atoms with Gasteiger partial charge in [0.15, 0.2) is 0 Å². The Morgan fingerprint density at radius 2 is 1.86 bits per heavy atom. The molecule has 0 saturated heterocycles. The van der Waals surface area contributed by atoms with Crippen LogP contribution in [0.15, 0.2) is 41.4 Å². The number of carbonyl (C=O) groups excluding carboxylic acids is 1. The molecule has 0 aliphatic carbocycles. The molecule has 2 aromatic rings. The number of hydrogen-bond acceptors (Lipinski definition) is 4. The Bertz CT molecular complexity index is 827. The topological polar surface area (TPSA) is 88.2 Å². The van der Waals surface area contributed by atoms with Crippen molar-refractivity contribution in [1.29, 1.82) is 0 Å². The molecule has 1 heterocycles. The van der Waals surface area contributed by atoms with Gasteiger partial charge in [-0.15, -0.1) is 4.83 Å². The number of halogens is 3. The van der Waals surface area contributed by atoms with Gasteiger partial charge in [-0.1, -0.05) is 40.9 Å². The normalized spacial score (nSPS) is 11.2. The summed E-state index contributed by atoms with van der Waals surface area (Å²) in [4.78, 5) is 17.1. The van der Waals surface area contributed by atoms with Crippen LogP contribution in [0.5, 0.6) is 0 Å². The molecule has 1 amide bonds. The Kier molecular flexibility index (Phi) is 5.25. The van der Waals surface area contributed by atoms with Gasteiger partial charge in [-0.05, 0) is 24.3 Å². The van der Waals surface area contributed by atoms with Crippen molar-refractivity contribution in [2.75, 3.05) is 0 Å². The van der Waals surface area contributed by atoms with Crippen LogP contribution < -0.4 is 10.3 Å². The minimum atomic E-state index is -4.03. The van der Waals surface area contributed by atoms with E-state index in [0.29, 0.717) is 5.02 Å². The second-order valence-electron chi connectivity index (χ2n) is 4.01. The molecule has 0 radical (unpaired) electrons. The lowest BCUT2D eigenvalue weighted by atomic mass is 10.2. The van der Waals surface area contributed by atoms with E-state index in [2.05, 4.69) is 10.4 Å². The molecule has 116 valence electrons. The fraction of sp³-hybridized carbons (Fsp3) is 0. The van der Waals surface area contributed by atoms with E-state index in [0.717, 1.165) is 12.3 Å². The number of carbonyl (C=O) groups is 1. The summed E-state index contributed by atoms with van der Waals surface area (Å²) in [5, 5.41) is 0.304. The van der Waals surface area contributed by atoms with Crippen molar-refractivity contribution in [3.05, 3.63) is 57.3 Å². The Morgan fingerprint density at radius 3 is 2.50 bits per heavy atom. The van der Waals surface area contributed by atoms with E-state index >= 15 is 0 Å². The zero-order valence-electron chi connectivity index (χ0n) is 10.7. The minimum Gasteiger partial charge on any atom is -0.273 e. The fourth-order valence-corrected chi connectivity index (χ4v) is 2.76. The number of amides is 1. The summed E-state index contributed by atoms with van der Waals surface area (Å²) in [6.45, 7) is 0. The Balaban J connectivity index is 2.12. The second-order valence-corrected chi connectivity index (χ2v) is 6.90. The maximum Gasteiger partial charge on any atom is 0.266 e. The van der Waals surface area contributed by atoms with E-state index in [1.165, 1.54) is 12.1 Å². The minimum absolute atomic E-state index is 0.0225. The van der Waals surface area contributed by atoms with E-state index in [1.54, 1.807) is 12.1 Å². The quantitative estimate of drug-likeness (QED) is 0.630. The molecule has 0 bridgehead atoms. The number of aromatic nitrogens is 1. The number of sulfonamides is 1. The van der Waals surface area contributed by atoms with Crippen molar-refractivity contribution in [3.63, 3.8) is 0 Å². The number of hydrazine groups is 1. The summed E-state index contributed by atoms with van der Waals surface area (Å²) in [7, 11) is -4.03. The highest BCUT2D eigenvalue weighted by Crippen LogP contribution is 2.21. The van der Waals surface area contributed by atoms with Gasteiger partial charge >= 0.3 is 0 Å². The van der Waals surface area contributed by atoms with E-state index in [4.69, 9.17) is 34.8 Å². The molecule has 0 unspecified atom stereocenters. The van der Waals surface area contributed by atoms with Crippen LogP contribution in [0.2, 0.25) is 15.2 Å². The molecule has 0 atom stereocenters. The lowest BCUT2D eigenvalue weighted by Crippen LogP contribution is -2.41. The van der Waals surface area contributed by atoms with Crippen LogP contribution in [0.3, 0.4) is 0 Å². The number of rotatable bonds is 4. The summed E-state index contributed by atoms with van der Waals surface area (Å²) >= 11 is 17.1. The third-order valence-corrected chi connectivity index (χ3v) is 4.60. The van der Waals surface area contributed by atoms with Crippen LogP contribution in [0.1, 0.15) is 10.4 Å². The molecular weight excluding hydrogens is 373 g/mol. The second kappa shape index (κ2) is 6.80. The molecule has 0 saturated carbocycles. The van der Waals surface area contributed by atoms with Gasteiger partial charge in [0.1, 0.15) is 10.0 Å². The lowest BCUT2D eigenvalue weighted by Gasteiger charge is -2.09. The van der Waals surface area contributed by atoms with Gasteiger partial charge in [0.05, 0.1) is 5.02 Å². The third-order valence-electron chi connectivity index (χ3n) is 2.47. The predicted octanol–water partition coefficient (Wildman–Crippen LogP) is 2.67. The summed E-state index contributed by atoms with van der Waals surface area (Å²) in [6.07, 6.45) is 1.02. The number of nitrogens with one attached hydrogen (secondary N) is 2. The Labute approximate surface area is 141 Å². The smallest absolute Gasteiger partial charge is 0.266 e. The number of pyridine rings is 1. The number of benzene rings is 1. The first-order valence-corrected chi connectivity index (χ1v) is 8.30. The zero-order valence-corrected chi connectivity index (χ0v) is 13.8. The van der Waals surface area contributed by atoms with E-state index in [-0.39, 0.29) is 20.6 Å². The van der Waals surface area contributed by atoms with Crippen molar-refractivity contribution in [2.45, 2.75) is 4.90 Å². The summed E-state index contributed by atoms with van der Waals surface area (Å²) in [6, 6.07) is 7.14. The third kappa shape index (κ3) is 4.08. The molecule has 22 heavy (non-hydrogen) atoms. The first-order chi connectivity index (χ1) is 10.3. The zero-order chi connectivity index (χ0) is 16.3. The van der Waals surface area contributed by atoms with Crippen LogP contribution in [0, 0.1) is 0 Å². The molecule has 1 aromatic carbocycles. The van der Waals surface area contributed by atoms with Crippen LogP contribution in [0.25, 0.3) is 0 Å². The lowest BCUT2D eigenvalue weighted by molar-refractivity contribution is 0.0945. The van der Waals surface area contributed by atoms with Gasteiger partial charge in [0.25, 0.3) is 15.9 Å². The largest absolute Gasteiger partial charge is 0.273 e. The van der Waals surface area contributed by atoms with Crippen molar-refractivity contribution < 1.29 is 13.2 Å². The SMILES string of the molecule is O=C(NNS(=O)(=O)c1cnc(Cl)c(Cl)c1)c1cccc(Cl)c1. The van der Waals surface area contributed by atoms with Crippen LogP contribution >= 0.6 is 34.8 Å². The number of nitrogens with zero attached hydrogens (tertiary/aromatic N) is 1. The highest BCUT2D eigenvalue weighted by molar-refractivity contribution is 7.89. The highest BCUT2D eigenvalue weighted by Gasteiger charge is 2.17. The van der Waals surface area contributed by atoms with Gasteiger partial charge in [-0.3, -0.25) is 10.2 Å². The van der Waals surface area contributed by atoms with E-state index in [9.17, 15) is 13.2 Å². The first kappa shape index (κ1) is 17.0. The monoisotopic (exact) mass is 379 g/mol. The van der Waals surface area contributed by atoms with Gasteiger partial charge in [-0.2, -0.15) is 0 Å². The van der Waals surface area contributed by atoms with Gasteiger partial charge in [0, 0.05) is 16.8 Å². The molecule has 0 fully saturated rings. The van der Waals surface area contributed by atoms with Crippen molar-refractivity contribution in [1.82, 2.24) is 15.2 Å². The average Bonchev–Trinajstić information content (AvgIpc) is 2.47. The van der Waals surface area contributed by atoms with Gasteiger partial charge in [0.2, 0.25) is 0 Å². The van der Waals surface area contributed by atoms with E-state index < -0.39 is 15.9 Å². The van der Waals surface area contributed by atoms with Gasteiger partial charge in [-0.25, -0.2) is 13.4 Å². The fourth-order valence-electron chi connectivity index (χ4n) is 1.42. The summed E-state index contributed by atoms with van der Waals surface area (Å²) in [5.74, 6) is -0.668. The average molecular weight is 381 g/mol. The summed E-state index contributed by atoms with van der Waals surface area (Å²) in [5.41, 5.74) is 2.26. The molecule has 0 aliphatic rings. The van der Waals surface area contributed by atoms with E-state index in [1.807, 2.05) is 4.83 Å². The maximum atomic E-state index is 12.0. The molecule has 2 rings (SSSR count). The summed E-state index contributed by atoms with van der Waals surface area (Å²) < 4.78 is 24.0. The van der Waals surface area contributed by atoms with Gasteiger partial charge < -0.3 is 0 Å². The molecule has 2 N–H and O–H groups in total. The highest BCUT2D eigenvalue weighted by atomic mass is 35.5. The Hall–Kier alpha value is -1.38. The van der Waals surface area contributed by atoms with Crippen molar-refractivity contribution in [2.24, 2.45) is 0 Å². The predicted molar refractivity (Wildman–Crippen MR) is 83.5 cm³/mol. The van der Waals surface area contributed by atoms with Crippen molar-refractivity contribution >= 4 is 50.7 Å². The molecule has 0 aliphatic heterocycles. The number of hydrogen-bond donors (Lipinski definition) is 2. The Morgan fingerprint density at radius 1 is 1.14 bits per heavy atom. The maximum absolute atomic E-state index is 12.0. The first-order valence-electron chi connectivity index (χ1n) is 5.68. The van der Waals surface area contributed by atoms with Crippen LogP contribution in [-0.4, -0.2) is 19.3 Å². The van der Waals surface area contributed by atoms with Crippen LogP contribution in [0.4, 0.5) is 0 Å². The molecule has 6 nitrogen and oxygen atoms in total.